The van der Waals surface area contributed by atoms with E-state index in [-0.39, 0.29) is 12.2 Å². The number of carbonyl (C=O) groups is 2. The van der Waals surface area contributed by atoms with Gasteiger partial charge in [0, 0.05) is 11.5 Å². The van der Waals surface area contributed by atoms with Crippen LogP contribution >= 0.6 is 11.8 Å². The summed E-state index contributed by atoms with van der Waals surface area (Å²) in [6, 6.07) is 0. The molecule has 0 aliphatic rings. The Kier molecular flexibility index (Phi) is 6.24. The number of methoxy groups -OCH3 is 1. The van der Waals surface area contributed by atoms with Gasteiger partial charge >= 0.3 is 18.1 Å². The minimum Gasteiger partial charge on any atom is -0.481 e. The first-order valence-electron chi connectivity index (χ1n) is 4.23. The third-order valence-corrected chi connectivity index (χ3v) is 2.72. The Balaban J connectivity index is 3.97. The second-order valence-corrected chi connectivity index (χ2v) is 3.98. The van der Waals surface area contributed by atoms with Crippen LogP contribution in [0.1, 0.15) is 6.42 Å². The van der Waals surface area contributed by atoms with E-state index in [1.807, 2.05) is 0 Å². The van der Waals surface area contributed by atoms with Crippen LogP contribution in [0.5, 0.6) is 0 Å². The lowest BCUT2D eigenvalue weighted by Gasteiger charge is -2.15. The highest BCUT2D eigenvalue weighted by Crippen LogP contribution is 2.29. The SMILES string of the molecule is COC(=O)CCSCC(C(=O)O)C(F)(F)F. The van der Waals surface area contributed by atoms with Crippen LogP contribution < -0.4 is 0 Å². The maximum atomic E-state index is 12.1. The van der Waals surface area contributed by atoms with Crippen LogP contribution in [0.15, 0.2) is 0 Å². The molecule has 0 aromatic rings. The number of alkyl halides is 3. The molecule has 0 bridgehead atoms. The standard InChI is InChI=1S/C8H11F3O4S/c1-15-6(12)2-3-16-4-5(7(13)14)8(9,10)11/h5H,2-4H2,1H3,(H,13,14). The van der Waals surface area contributed by atoms with Crippen molar-refractivity contribution in [3.05, 3.63) is 0 Å². The van der Waals surface area contributed by atoms with E-state index in [1.54, 1.807) is 0 Å². The summed E-state index contributed by atoms with van der Waals surface area (Å²) in [4.78, 5) is 20.9. The van der Waals surface area contributed by atoms with Crippen molar-refractivity contribution < 1.29 is 32.6 Å². The van der Waals surface area contributed by atoms with Crippen molar-refractivity contribution in [2.45, 2.75) is 12.6 Å². The molecule has 0 aromatic carbocycles. The van der Waals surface area contributed by atoms with Gasteiger partial charge in [-0.3, -0.25) is 9.59 Å². The largest absolute Gasteiger partial charge is 0.481 e. The number of halogens is 3. The van der Waals surface area contributed by atoms with Gasteiger partial charge in [-0.05, 0) is 0 Å². The van der Waals surface area contributed by atoms with Gasteiger partial charge in [-0.2, -0.15) is 24.9 Å². The summed E-state index contributed by atoms with van der Waals surface area (Å²) >= 11 is 0.759. The number of hydrogen-bond acceptors (Lipinski definition) is 4. The van der Waals surface area contributed by atoms with Crippen molar-refractivity contribution in [3.63, 3.8) is 0 Å². The van der Waals surface area contributed by atoms with E-state index < -0.39 is 29.8 Å². The number of carbonyl (C=O) groups excluding carboxylic acids is 1. The summed E-state index contributed by atoms with van der Waals surface area (Å²) in [5, 5.41) is 8.34. The number of thioether (sulfide) groups is 1. The molecule has 0 spiro atoms. The van der Waals surface area contributed by atoms with E-state index in [2.05, 4.69) is 4.74 Å². The number of carboxylic acids is 1. The van der Waals surface area contributed by atoms with Gasteiger partial charge in [0.25, 0.3) is 0 Å². The highest BCUT2D eigenvalue weighted by Gasteiger charge is 2.44. The van der Waals surface area contributed by atoms with Gasteiger partial charge in [-0.1, -0.05) is 0 Å². The lowest BCUT2D eigenvalue weighted by molar-refractivity contribution is -0.188. The normalized spacial score (nSPS) is 13.2. The van der Waals surface area contributed by atoms with Crippen LogP contribution in [-0.2, 0) is 14.3 Å². The Hall–Kier alpha value is -0.920. The number of ether oxygens (including phenoxy) is 1. The number of hydrogen-bond donors (Lipinski definition) is 1. The molecule has 1 unspecified atom stereocenters. The molecule has 1 atom stereocenters. The van der Waals surface area contributed by atoms with Gasteiger partial charge in [0.1, 0.15) is 0 Å². The highest BCUT2D eigenvalue weighted by molar-refractivity contribution is 7.99. The van der Waals surface area contributed by atoms with Gasteiger partial charge in [-0.15, -0.1) is 0 Å². The zero-order valence-corrected chi connectivity index (χ0v) is 9.23. The van der Waals surface area contributed by atoms with Gasteiger partial charge in [0.2, 0.25) is 0 Å². The monoisotopic (exact) mass is 260 g/mol. The van der Waals surface area contributed by atoms with Gasteiger partial charge in [-0.25, -0.2) is 0 Å². The number of aliphatic carboxylic acids is 1. The Labute approximate surface area is 94.1 Å². The van der Waals surface area contributed by atoms with E-state index in [4.69, 9.17) is 5.11 Å². The van der Waals surface area contributed by atoms with E-state index >= 15 is 0 Å². The number of carboxylic acid groups (broad SMARTS) is 1. The second kappa shape index (κ2) is 6.62. The van der Waals surface area contributed by atoms with E-state index in [0.717, 1.165) is 11.8 Å². The third kappa shape index (κ3) is 5.84. The minimum absolute atomic E-state index is 0.0363. The van der Waals surface area contributed by atoms with E-state index in [0.29, 0.717) is 0 Å². The lowest BCUT2D eigenvalue weighted by Crippen LogP contribution is -2.32. The summed E-state index contributed by atoms with van der Waals surface area (Å²) in [5.74, 6) is -5.33. The molecule has 0 aromatic heterocycles. The topological polar surface area (TPSA) is 63.6 Å². The Morgan fingerprint density at radius 1 is 1.44 bits per heavy atom. The van der Waals surface area contributed by atoms with Crippen molar-refractivity contribution in [1.29, 1.82) is 0 Å². The molecular weight excluding hydrogens is 249 g/mol. The molecule has 0 fully saturated rings. The molecular formula is C8H11F3O4S. The average molecular weight is 260 g/mol. The fourth-order valence-corrected chi connectivity index (χ4v) is 1.81. The van der Waals surface area contributed by atoms with Crippen LogP contribution in [0.2, 0.25) is 0 Å². The zero-order valence-electron chi connectivity index (χ0n) is 8.41. The predicted molar refractivity (Wildman–Crippen MR) is 51.1 cm³/mol. The fourth-order valence-electron chi connectivity index (χ4n) is 0.765. The molecule has 0 radical (unpaired) electrons. The summed E-state index contributed by atoms with van der Waals surface area (Å²) in [6.45, 7) is 0. The van der Waals surface area contributed by atoms with Gasteiger partial charge < -0.3 is 9.84 Å². The summed E-state index contributed by atoms with van der Waals surface area (Å²) in [7, 11) is 1.17. The van der Waals surface area contributed by atoms with Crippen molar-refractivity contribution in [3.8, 4) is 0 Å². The zero-order chi connectivity index (χ0) is 12.8. The third-order valence-electron chi connectivity index (χ3n) is 1.66. The van der Waals surface area contributed by atoms with Gasteiger partial charge in [0.05, 0.1) is 13.5 Å². The summed E-state index contributed by atoms with van der Waals surface area (Å²) < 4.78 is 40.7. The lowest BCUT2D eigenvalue weighted by atomic mass is 10.2. The molecule has 1 N–H and O–H groups in total. The molecule has 94 valence electrons. The Morgan fingerprint density at radius 2 is 2.00 bits per heavy atom. The van der Waals surface area contributed by atoms with Crippen LogP contribution in [0.4, 0.5) is 13.2 Å². The van der Waals surface area contributed by atoms with Crippen LogP contribution in [0.25, 0.3) is 0 Å². The van der Waals surface area contributed by atoms with Gasteiger partial charge in [0.15, 0.2) is 5.92 Å². The predicted octanol–water partition coefficient (Wildman–Crippen LogP) is 1.55. The first-order chi connectivity index (χ1) is 7.29. The fraction of sp³-hybridized carbons (Fsp3) is 0.750. The van der Waals surface area contributed by atoms with Crippen LogP contribution in [0.3, 0.4) is 0 Å². The first kappa shape index (κ1) is 15.1. The van der Waals surface area contributed by atoms with Crippen molar-refractivity contribution >= 4 is 23.7 Å². The summed E-state index contributed by atoms with van der Waals surface area (Å²) in [5.41, 5.74) is 0. The minimum atomic E-state index is -4.76. The second-order valence-electron chi connectivity index (χ2n) is 2.83. The quantitative estimate of drug-likeness (QED) is 0.580. The molecule has 16 heavy (non-hydrogen) atoms. The molecule has 4 nitrogen and oxygen atoms in total. The Bertz CT molecular complexity index is 254. The Morgan fingerprint density at radius 3 is 2.38 bits per heavy atom. The van der Waals surface area contributed by atoms with Crippen molar-refractivity contribution in [1.82, 2.24) is 0 Å². The molecule has 0 rings (SSSR count). The van der Waals surface area contributed by atoms with E-state index in [1.165, 1.54) is 7.11 Å². The molecule has 0 saturated heterocycles. The average Bonchev–Trinajstić information content (AvgIpc) is 2.14. The molecule has 0 aliphatic carbocycles. The first-order valence-corrected chi connectivity index (χ1v) is 5.38. The maximum Gasteiger partial charge on any atom is 0.403 e. The molecule has 0 saturated carbocycles. The number of rotatable bonds is 6. The molecule has 8 heteroatoms. The van der Waals surface area contributed by atoms with Crippen molar-refractivity contribution in [2.75, 3.05) is 18.6 Å². The van der Waals surface area contributed by atoms with Crippen LogP contribution in [-0.4, -0.2) is 41.8 Å². The molecule has 0 heterocycles. The number of esters is 1. The molecule has 0 amide bonds. The van der Waals surface area contributed by atoms with Crippen LogP contribution in [0, 0.1) is 5.92 Å². The van der Waals surface area contributed by atoms with E-state index in [9.17, 15) is 22.8 Å². The van der Waals surface area contributed by atoms with Crippen molar-refractivity contribution in [2.24, 2.45) is 5.92 Å². The highest BCUT2D eigenvalue weighted by atomic mass is 32.2. The summed E-state index contributed by atoms with van der Waals surface area (Å²) in [6.07, 6.45) is -4.80. The maximum absolute atomic E-state index is 12.1. The smallest absolute Gasteiger partial charge is 0.403 e. The molecule has 0 aliphatic heterocycles.